The molecule has 3 aromatic heterocycles. The van der Waals surface area contributed by atoms with Gasteiger partial charge < -0.3 is 5.32 Å². The van der Waals surface area contributed by atoms with Crippen molar-refractivity contribution in [1.29, 1.82) is 0 Å². The van der Waals surface area contributed by atoms with Crippen LogP contribution in [0.1, 0.15) is 28.5 Å². The molecule has 0 spiro atoms. The third-order valence-electron chi connectivity index (χ3n) is 4.33. The minimum absolute atomic E-state index is 0.112. The van der Waals surface area contributed by atoms with Gasteiger partial charge in [-0.25, -0.2) is 4.98 Å². The summed E-state index contributed by atoms with van der Waals surface area (Å²) < 4.78 is 41.9. The highest BCUT2D eigenvalue weighted by Crippen LogP contribution is 2.28. The van der Waals surface area contributed by atoms with Gasteiger partial charge in [0.05, 0.1) is 12.2 Å². The van der Waals surface area contributed by atoms with Crippen molar-refractivity contribution < 1.29 is 13.2 Å². The predicted octanol–water partition coefficient (Wildman–Crippen LogP) is 4.06. The molecule has 0 unspecified atom stereocenters. The Balaban J connectivity index is 1.66. The van der Waals surface area contributed by atoms with Crippen LogP contribution < -0.4 is 5.32 Å². The third-order valence-corrected chi connectivity index (χ3v) is 4.33. The first-order chi connectivity index (χ1) is 13.7. The first-order valence-corrected chi connectivity index (χ1v) is 8.88. The van der Waals surface area contributed by atoms with Crippen molar-refractivity contribution in [2.45, 2.75) is 33.5 Å². The number of nitrogens with one attached hydrogen (secondary N) is 1. The summed E-state index contributed by atoms with van der Waals surface area (Å²) in [6.45, 7) is 6.20. The number of fused-ring (bicyclic) bond motifs is 1. The number of nitrogens with zero attached hydrogens (tertiary/aromatic N) is 6. The van der Waals surface area contributed by atoms with Gasteiger partial charge in [-0.1, -0.05) is 12.1 Å². The van der Waals surface area contributed by atoms with Gasteiger partial charge in [-0.15, -0.1) is 5.10 Å². The van der Waals surface area contributed by atoms with Gasteiger partial charge in [-0.2, -0.15) is 27.8 Å². The number of hydrogen-bond donors (Lipinski definition) is 1. The largest absolute Gasteiger partial charge is 0.453 e. The molecule has 0 saturated carbocycles. The molecule has 0 amide bonds. The second kappa shape index (κ2) is 6.87. The average molecular weight is 401 g/mol. The van der Waals surface area contributed by atoms with Crippen molar-refractivity contribution in [2.24, 2.45) is 0 Å². The summed E-state index contributed by atoms with van der Waals surface area (Å²) in [7, 11) is 0. The van der Waals surface area contributed by atoms with Gasteiger partial charge in [0.2, 0.25) is 0 Å². The van der Waals surface area contributed by atoms with Crippen LogP contribution in [0.25, 0.3) is 5.78 Å². The lowest BCUT2D eigenvalue weighted by molar-refractivity contribution is -0.144. The van der Waals surface area contributed by atoms with E-state index in [0.717, 1.165) is 21.5 Å². The van der Waals surface area contributed by atoms with E-state index in [2.05, 4.69) is 25.5 Å². The number of rotatable bonds is 4. The Hall–Kier alpha value is -3.43. The number of aryl methyl sites for hydroxylation is 3. The first-order valence-electron chi connectivity index (χ1n) is 8.88. The highest BCUT2D eigenvalue weighted by Gasteiger charge is 2.36. The monoisotopic (exact) mass is 401 g/mol. The first kappa shape index (κ1) is 18.9. The molecular formula is C19H18F3N7. The van der Waals surface area contributed by atoms with E-state index >= 15 is 0 Å². The summed E-state index contributed by atoms with van der Waals surface area (Å²) in [6, 6.07) is 11.2. The Morgan fingerprint density at radius 1 is 0.966 bits per heavy atom. The molecule has 0 atom stereocenters. The Kier molecular flexibility index (Phi) is 4.48. The number of anilines is 2. The van der Waals surface area contributed by atoms with Gasteiger partial charge in [-0.3, -0.25) is 4.68 Å². The molecule has 1 aromatic carbocycles. The summed E-state index contributed by atoms with van der Waals surface area (Å²) in [5.41, 5.74) is 4.23. The van der Waals surface area contributed by atoms with Crippen LogP contribution in [0, 0.1) is 20.8 Å². The van der Waals surface area contributed by atoms with Crippen molar-refractivity contribution in [2.75, 3.05) is 5.32 Å². The quantitative estimate of drug-likeness (QED) is 0.558. The minimum atomic E-state index is -4.64. The maximum absolute atomic E-state index is 13.0. The number of halogens is 3. The zero-order valence-corrected chi connectivity index (χ0v) is 16.0. The Labute approximate surface area is 164 Å². The lowest BCUT2D eigenvalue weighted by Crippen LogP contribution is -2.08. The fourth-order valence-electron chi connectivity index (χ4n) is 3.10. The van der Waals surface area contributed by atoms with Gasteiger partial charge in [0.25, 0.3) is 11.6 Å². The molecule has 0 saturated heterocycles. The molecule has 7 nitrogen and oxygen atoms in total. The van der Waals surface area contributed by atoms with Gasteiger partial charge in [0.15, 0.2) is 0 Å². The summed E-state index contributed by atoms with van der Waals surface area (Å²) in [5, 5.41) is 11.1. The number of benzene rings is 1. The van der Waals surface area contributed by atoms with E-state index in [9.17, 15) is 13.2 Å². The summed E-state index contributed by atoms with van der Waals surface area (Å²) >= 11 is 0. The molecule has 4 aromatic rings. The Morgan fingerprint density at radius 3 is 2.45 bits per heavy atom. The van der Waals surface area contributed by atoms with Crippen molar-refractivity contribution in [1.82, 2.24) is 29.4 Å². The van der Waals surface area contributed by atoms with Crippen LogP contribution in [0.2, 0.25) is 0 Å². The minimum Gasteiger partial charge on any atom is -0.340 e. The number of aromatic nitrogens is 6. The van der Waals surface area contributed by atoms with Gasteiger partial charge >= 0.3 is 6.18 Å². The SMILES string of the molecule is Cc1cc(Nc2cccc(Cn3nc(C)cc3C)c2)n2nc(C(F)(F)F)nc2n1. The molecule has 150 valence electrons. The van der Waals surface area contributed by atoms with E-state index in [4.69, 9.17) is 0 Å². The highest BCUT2D eigenvalue weighted by molar-refractivity contribution is 5.59. The molecule has 0 bridgehead atoms. The second-order valence-corrected chi connectivity index (χ2v) is 6.84. The van der Waals surface area contributed by atoms with E-state index < -0.39 is 12.0 Å². The maximum atomic E-state index is 13.0. The third kappa shape index (κ3) is 3.91. The van der Waals surface area contributed by atoms with Crippen LogP contribution >= 0.6 is 0 Å². The van der Waals surface area contributed by atoms with E-state index in [-0.39, 0.29) is 5.78 Å². The molecule has 0 aliphatic rings. The standard InChI is InChI=1S/C19H18F3N7/c1-11-8-16(29-18(23-11)25-17(27-29)19(20,21)22)24-15-6-4-5-14(9-15)10-28-13(3)7-12(2)26-28/h4-9,24H,10H2,1-3H3. The summed E-state index contributed by atoms with van der Waals surface area (Å²) in [4.78, 5) is 7.53. The predicted molar refractivity (Wildman–Crippen MR) is 101 cm³/mol. The lowest BCUT2D eigenvalue weighted by atomic mass is 10.2. The van der Waals surface area contributed by atoms with Crippen LogP contribution in [0.4, 0.5) is 24.7 Å². The summed E-state index contributed by atoms with van der Waals surface area (Å²) in [6.07, 6.45) is -4.64. The maximum Gasteiger partial charge on any atom is 0.453 e. The van der Waals surface area contributed by atoms with E-state index in [0.29, 0.717) is 23.7 Å². The van der Waals surface area contributed by atoms with E-state index in [1.54, 1.807) is 13.0 Å². The van der Waals surface area contributed by atoms with Crippen LogP contribution in [-0.2, 0) is 12.7 Å². The Morgan fingerprint density at radius 2 is 1.76 bits per heavy atom. The smallest absolute Gasteiger partial charge is 0.340 e. The average Bonchev–Trinajstić information content (AvgIpc) is 3.18. The molecule has 0 aliphatic heterocycles. The second-order valence-electron chi connectivity index (χ2n) is 6.84. The zero-order valence-electron chi connectivity index (χ0n) is 16.0. The molecule has 0 fully saturated rings. The topological polar surface area (TPSA) is 72.9 Å². The van der Waals surface area contributed by atoms with Crippen molar-refractivity contribution >= 4 is 17.3 Å². The molecule has 1 N–H and O–H groups in total. The van der Waals surface area contributed by atoms with Gasteiger partial charge in [-0.05, 0) is 44.5 Å². The fourth-order valence-corrected chi connectivity index (χ4v) is 3.10. The fraction of sp³-hybridized carbons (Fsp3) is 0.263. The van der Waals surface area contributed by atoms with Crippen LogP contribution in [0.5, 0.6) is 0 Å². The summed E-state index contributed by atoms with van der Waals surface area (Å²) in [5.74, 6) is -0.991. The number of hydrogen-bond acceptors (Lipinski definition) is 5. The highest BCUT2D eigenvalue weighted by atomic mass is 19.4. The lowest BCUT2D eigenvalue weighted by Gasteiger charge is -2.11. The van der Waals surface area contributed by atoms with Gasteiger partial charge in [0, 0.05) is 23.1 Å². The van der Waals surface area contributed by atoms with Crippen LogP contribution in [-0.4, -0.2) is 29.4 Å². The molecule has 10 heteroatoms. The van der Waals surface area contributed by atoms with E-state index in [1.165, 1.54) is 0 Å². The Bertz CT molecular complexity index is 1190. The van der Waals surface area contributed by atoms with E-state index in [1.807, 2.05) is 48.9 Å². The molecule has 0 radical (unpaired) electrons. The molecule has 0 aliphatic carbocycles. The normalized spacial score (nSPS) is 11.9. The van der Waals surface area contributed by atoms with Crippen molar-refractivity contribution in [3.63, 3.8) is 0 Å². The van der Waals surface area contributed by atoms with Crippen molar-refractivity contribution in [3.8, 4) is 0 Å². The molecule has 4 rings (SSSR count). The van der Waals surface area contributed by atoms with Crippen LogP contribution in [0.15, 0.2) is 36.4 Å². The van der Waals surface area contributed by atoms with Crippen LogP contribution in [0.3, 0.4) is 0 Å². The van der Waals surface area contributed by atoms with Gasteiger partial charge in [0.1, 0.15) is 5.82 Å². The zero-order chi connectivity index (χ0) is 20.8. The molecule has 3 heterocycles. The molecule has 29 heavy (non-hydrogen) atoms. The number of alkyl halides is 3. The van der Waals surface area contributed by atoms with Crippen molar-refractivity contribution in [3.05, 3.63) is 64.9 Å². The molecular weight excluding hydrogens is 383 g/mol.